The molecule has 0 saturated carbocycles. The fourth-order valence-corrected chi connectivity index (χ4v) is 2.21. The highest BCUT2D eigenvalue weighted by molar-refractivity contribution is 5.91. The van der Waals surface area contributed by atoms with Gasteiger partial charge in [-0.25, -0.2) is 15.0 Å². The standard InChI is InChI=1S/C13H16N6O2.2ClH/c1-8-10(11(14)20)21-12(18-8)9-6-16-13(17-7-9)19-4-2-15-3-5-19;;/h6-7,15H,2-5H2,1H3,(H2,14,20);2*1H. The van der Waals surface area contributed by atoms with Crippen LogP contribution in [-0.4, -0.2) is 47.0 Å². The number of carbonyl (C=O) groups is 1. The number of nitrogens with zero attached hydrogens (tertiary/aromatic N) is 4. The van der Waals surface area contributed by atoms with E-state index in [2.05, 4.69) is 25.2 Å². The first-order valence-corrected chi connectivity index (χ1v) is 6.70. The van der Waals surface area contributed by atoms with Gasteiger partial charge in [0.2, 0.25) is 17.6 Å². The topological polar surface area (TPSA) is 110 Å². The van der Waals surface area contributed by atoms with E-state index < -0.39 is 5.91 Å². The molecule has 2 aromatic rings. The van der Waals surface area contributed by atoms with Crippen LogP contribution in [0.2, 0.25) is 0 Å². The van der Waals surface area contributed by atoms with E-state index in [0.717, 1.165) is 26.2 Å². The zero-order valence-electron chi connectivity index (χ0n) is 12.5. The zero-order chi connectivity index (χ0) is 14.8. The monoisotopic (exact) mass is 360 g/mol. The van der Waals surface area contributed by atoms with Crippen molar-refractivity contribution in [2.45, 2.75) is 6.92 Å². The van der Waals surface area contributed by atoms with E-state index in [1.807, 2.05) is 0 Å². The number of primary amides is 1. The first-order chi connectivity index (χ1) is 10.1. The van der Waals surface area contributed by atoms with Crippen LogP contribution in [0.4, 0.5) is 5.95 Å². The third-order valence-electron chi connectivity index (χ3n) is 3.31. The second kappa shape index (κ2) is 8.09. The summed E-state index contributed by atoms with van der Waals surface area (Å²) in [5.74, 6) is 0.410. The number of piperazine rings is 1. The number of oxazole rings is 1. The van der Waals surface area contributed by atoms with Gasteiger partial charge in [0.25, 0.3) is 5.91 Å². The predicted molar refractivity (Wildman–Crippen MR) is 90.4 cm³/mol. The van der Waals surface area contributed by atoms with Gasteiger partial charge < -0.3 is 20.4 Å². The van der Waals surface area contributed by atoms with Crippen LogP contribution >= 0.6 is 24.8 Å². The first kappa shape index (κ1) is 19.1. The van der Waals surface area contributed by atoms with Crippen molar-refractivity contribution in [3.63, 3.8) is 0 Å². The Bertz CT molecular complexity index is 655. The smallest absolute Gasteiger partial charge is 0.286 e. The fraction of sp³-hybridized carbons (Fsp3) is 0.385. The van der Waals surface area contributed by atoms with Crippen LogP contribution < -0.4 is 16.0 Å². The lowest BCUT2D eigenvalue weighted by molar-refractivity contribution is 0.0974. The molecule has 126 valence electrons. The van der Waals surface area contributed by atoms with Gasteiger partial charge in [0.15, 0.2) is 0 Å². The average molecular weight is 361 g/mol. The minimum atomic E-state index is -0.635. The molecule has 1 aliphatic heterocycles. The molecule has 1 saturated heterocycles. The van der Waals surface area contributed by atoms with Crippen molar-refractivity contribution in [3.05, 3.63) is 23.8 Å². The molecule has 0 spiro atoms. The van der Waals surface area contributed by atoms with Crippen molar-refractivity contribution in [2.75, 3.05) is 31.1 Å². The van der Waals surface area contributed by atoms with Crippen LogP contribution in [0.3, 0.4) is 0 Å². The number of anilines is 1. The summed E-state index contributed by atoms with van der Waals surface area (Å²) in [5, 5.41) is 3.28. The molecule has 0 bridgehead atoms. The molecular weight excluding hydrogens is 343 g/mol. The van der Waals surface area contributed by atoms with Crippen molar-refractivity contribution in [1.29, 1.82) is 0 Å². The fourth-order valence-electron chi connectivity index (χ4n) is 2.21. The molecule has 3 heterocycles. The van der Waals surface area contributed by atoms with Gasteiger partial charge >= 0.3 is 0 Å². The Morgan fingerprint density at radius 1 is 1.26 bits per heavy atom. The van der Waals surface area contributed by atoms with Gasteiger partial charge in [0, 0.05) is 38.6 Å². The van der Waals surface area contributed by atoms with E-state index in [1.165, 1.54) is 0 Å². The Kier molecular flexibility index (Phi) is 6.74. The zero-order valence-corrected chi connectivity index (χ0v) is 14.1. The summed E-state index contributed by atoms with van der Waals surface area (Å²) >= 11 is 0. The molecule has 0 atom stereocenters. The van der Waals surface area contributed by atoms with Crippen molar-refractivity contribution in [3.8, 4) is 11.5 Å². The van der Waals surface area contributed by atoms with Crippen molar-refractivity contribution < 1.29 is 9.21 Å². The van der Waals surface area contributed by atoms with Gasteiger partial charge in [-0.2, -0.15) is 0 Å². The minimum Gasteiger partial charge on any atom is -0.431 e. The van der Waals surface area contributed by atoms with Gasteiger partial charge in [0.05, 0.1) is 11.3 Å². The Morgan fingerprint density at radius 3 is 2.39 bits per heavy atom. The van der Waals surface area contributed by atoms with Gasteiger partial charge in [-0.1, -0.05) is 0 Å². The lowest BCUT2D eigenvalue weighted by atomic mass is 10.3. The Labute approximate surface area is 145 Å². The van der Waals surface area contributed by atoms with Crippen molar-refractivity contribution >= 4 is 36.7 Å². The minimum absolute atomic E-state index is 0. The number of nitrogens with two attached hydrogens (primary N) is 1. The first-order valence-electron chi connectivity index (χ1n) is 6.70. The number of aryl methyl sites for hydroxylation is 1. The molecule has 0 radical (unpaired) electrons. The van der Waals surface area contributed by atoms with Crippen molar-refractivity contribution in [1.82, 2.24) is 20.3 Å². The normalized spacial score (nSPS) is 13.9. The summed E-state index contributed by atoms with van der Waals surface area (Å²) in [5.41, 5.74) is 6.29. The van der Waals surface area contributed by atoms with Crippen LogP contribution in [0, 0.1) is 6.92 Å². The van der Waals surface area contributed by atoms with E-state index in [4.69, 9.17) is 10.2 Å². The number of amides is 1. The molecule has 0 aliphatic carbocycles. The molecule has 1 aliphatic rings. The van der Waals surface area contributed by atoms with Crippen LogP contribution in [0.1, 0.15) is 16.2 Å². The van der Waals surface area contributed by atoms with Crippen LogP contribution in [0.25, 0.3) is 11.5 Å². The number of hydrogen-bond donors (Lipinski definition) is 2. The second-order valence-electron chi connectivity index (χ2n) is 4.81. The maximum absolute atomic E-state index is 11.2. The van der Waals surface area contributed by atoms with E-state index in [-0.39, 0.29) is 30.6 Å². The Morgan fingerprint density at radius 2 is 1.87 bits per heavy atom. The molecule has 0 unspecified atom stereocenters. The molecule has 2 aromatic heterocycles. The third kappa shape index (κ3) is 4.10. The van der Waals surface area contributed by atoms with Gasteiger partial charge in [0.1, 0.15) is 0 Å². The maximum atomic E-state index is 11.2. The third-order valence-corrected chi connectivity index (χ3v) is 3.31. The summed E-state index contributed by atoms with van der Waals surface area (Å²) in [4.78, 5) is 26.1. The lowest BCUT2D eigenvalue weighted by Gasteiger charge is -2.27. The van der Waals surface area contributed by atoms with E-state index >= 15 is 0 Å². The quantitative estimate of drug-likeness (QED) is 0.832. The van der Waals surface area contributed by atoms with Crippen LogP contribution in [0.5, 0.6) is 0 Å². The molecule has 8 nitrogen and oxygen atoms in total. The van der Waals surface area contributed by atoms with E-state index in [0.29, 0.717) is 23.1 Å². The average Bonchev–Trinajstić information content (AvgIpc) is 2.90. The number of nitrogens with one attached hydrogen (secondary N) is 1. The molecule has 3 N–H and O–H groups in total. The summed E-state index contributed by atoms with van der Waals surface area (Å²) < 4.78 is 5.36. The summed E-state index contributed by atoms with van der Waals surface area (Å²) in [7, 11) is 0. The molecule has 3 rings (SSSR count). The molecule has 1 amide bonds. The number of hydrogen-bond acceptors (Lipinski definition) is 7. The highest BCUT2D eigenvalue weighted by Crippen LogP contribution is 2.21. The number of aromatic nitrogens is 3. The van der Waals surface area contributed by atoms with E-state index in [1.54, 1.807) is 19.3 Å². The molecule has 1 fully saturated rings. The maximum Gasteiger partial charge on any atom is 0.286 e. The number of rotatable bonds is 3. The molecule has 23 heavy (non-hydrogen) atoms. The summed E-state index contributed by atoms with van der Waals surface area (Å²) in [6.45, 7) is 5.27. The predicted octanol–water partition coefficient (Wildman–Crippen LogP) is 0.792. The number of halogens is 2. The highest BCUT2D eigenvalue weighted by Gasteiger charge is 2.17. The SMILES string of the molecule is Cc1nc(-c2cnc(N3CCNCC3)nc2)oc1C(N)=O.Cl.Cl. The van der Waals surface area contributed by atoms with Crippen LogP contribution in [0.15, 0.2) is 16.8 Å². The summed E-state index contributed by atoms with van der Waals surface area (Å²) in [6.07, 6.45) is 3.28. The van der Waals surface area contributed by atoms with Gasteiger partial charge in [-0.15, -0.1) is 24.8 Å². The van der Waals surface area contributed by atoms with E-state index in [9.17, 15) is 4.79 Å². The Hall–Kier alpha value is -1.90. The Balaban J connectivity index is 0.00000132. The molecule has 10 heteroatoms. The lowest BCUT2D eigenvalue weighted by Crippen LogP contribution is -2.44. The molecular formula is C13H18Cl2N6O2. The van der Waals surface area contributed by atoms with Crippen LogP contribution in [-0.2, 0) is 0 Å². The summed E-state index contributed by atoms with van der Waals surface area (Å²) in [6, 6.07) is 0. The van der Waals surface area contributed by atoms with Gasteiger partial charge in [-0.05, 0) is 6.92 Å². The highest BCUT2D eigenvalue weighted by atomic mass is 35.5. The van der Waals surface area contributed by atoms with Crippen molar-refractivity contribution in [2.24, 2.45) is 5.73 Å². The second-order valence-corrected chi connectivity index (χ2v) is 4.81. The molecule has 0 aromatic carbocycles. The number of carbonyl (C=O) groups excluding carboxylic acids is 1. The van der Waals surface area contributed by atoms with Gasteiger partial charge in [-0.3, -0.25) is 4.79 Å². The largest absolute Gasteiger partial charge is 0.431 e.